The van der Waals surface area contributed by atoms with Gasteiger partial charge >= 0.3 is 5.97 Å². The van der Waals surface area contributed by atoms with Crippen molar-refractivity contribution in [2.24, 2.45) is 0 Å². The zero-order valence-electron chi connectivity index (χ0n) is 14.4. The van der Waals surface area contributed by atoms with Crippen LogP contribution in [0.4, 0.5) is 0 Å². The molecular formula is C18H17ClN4O3. The molecule has 0 saturated heterocycles. The molecule has 0 amide bonds. The van der Waals surface area contributed by atoms with Crippen molar-refractivity contribution in [1.82, 2.24) is 19.9 Å². The van der Waals surface area contributed by atoms with Crippen molar-refractivity contribution in [3.8, 4) is 17.3 Å². The van der Waals surface area contributed by atoms with Crippen molar-refractivity contribution in [1.29, 1.82) is 0 Å². The summed E-state index contributed by atoms with van der Waals surface area (Å²) in [6, 6.07) is 5.36. The molecule has 0 radical (unpaired) electrons. The quantitative estimate of drug-likeness (QED) is 0.691. The van der Waals surface area contributed by atoms with Crippen LogP contribution in [-0.4, -0.2) is 38.6 Å². The van der Waals surface area contributed by atoms with Gasteiger partial charge in [-0.1, -0.05) is 17.7 Å². The van der Waals surface area contributed by atoms with E-state index in [4.69, 9.17) is 16.3 Å². The van der Waals surface area contributed by atoms with Gasteiger partial charge in [-0.3, -0.25) is 4.79 Å². The van der Waals surface area contributed by atoms with Gasteiger partial charge < -0.3 is 14.5 Å². The van der Waals surface area contributed by atoms with Crippen LogP contribution in [-0.2, 0) is 16.0 Å². The van der Waals surface area contributed by atoms with Crippen LogP contribution in [0.1, 0.15) is 25.3 Å². The summed E-state index contributed by atoms with van der Waals surface area (Å²) in [5, 5.41) is 0.482. The van der Waals surface area contributed by atoms with E-state index < -0.39 is 0 Å². The van der Waals surface area contributed by atoms with E-state index in [1.54, 1.807) is 6.07 Å². The molecule has 0 unspecified atom stereocenters. The van der Waals surface area contributed by atoms with Gasteiger partial charge in [-0.05, 0) is 37.5 Å². The minimum atomic E-state index is -0.316. The Balaban J connectivity index is 1.68. The number of ether oxygens (including phenoxy) is 2. The van der Waals surface area contributed by atoms with E-state index >= 15 is 0 Å². The Labute approximate surface area is 154 Å². The molecule has 26 heavy (non-hydrogen) atoms. The third kappa shape index (κ3) is 3.22. The molecule has 2 heterocycles. The Morgan fingerprint density at radius 3 is 2.85 bits per heavy atom. The summed E-state index contributed by atoms with van der Waals surface area (Å²) in [4.78, 5) is 27.6. The Morgan fingerprint density at radius 2 is 2.15 bits per heavy atom. The van der Waals surface area contributed by atoms with Crippen molar-refractivity contribution in [2.75, 3.05) is 7.11 Å². The monoisotopic (exact) mass is 372 g/mol. The highest BCUT2D eigenvalue weighted by Gasteiger charge is 2.41. The first-order valence-electron chi connectivity index (χ1n) is 8.23. The highest BCUT2D eigenvalue weighted by atomic mass is 35.5. The first-order chi connectivity index (χ1) is 12.5. The highest BCUT2D eigenvalue weighted by molar-refractivity contribution is 6.33. The van der Waals surface area contributed by atoms with Gasteiger partial charge in [-0.15, -0.1) is 0 Å². The molecule has 4 rings (SSSR count). The van der Waals surface area contributed by atoms with Crippen molar-refractivity contribution in [3.05, 3.63) is 35.1 Å². The van der Waals surface area contributed by atoms with Gasteiger partial charge in [-0.25, -0.2) is 9.97 Å². The Hall–Kier alpha value is -2.67. The Bertz CT molecular complexity index is 997. The molecule has 0 bridgehead atoms. The molecular weight excluding hydrogens is 356 g/mol. The maximum absolute atomic E-state index is 11.4. The van der Waals surface area contributed by atoms with Crippen LogP contribution in [0.25, 0.3) is 22.6 Å². The molecule has 2 aromatic heterocycles. The van der Waals surface area contributed by atoms with E-state index in [0.29, 0.717) is 33.5 Å². The van der Waals surface area contributed by atoms with Crippen LogP contribution in [0, 0.1) is 0 Å². The average Bonchev–Trinajstić information content (AvgIpc) is 3.17. The molecule has 3 aromatic rings. The lowest BCUT2D eigenvalue weighted by atomic mass is 10.1. The number of H-pyrrole nitrogens is 1. The number of benzene rings is 1. The first kappa shape index (κ1) is 16.8. The van der Waals surface area contributed by atoms with E-state index in [1.807, 2.05) is 19.1 Å². The number of carbonyl (C=O) groups excluding carboxylic acids is 1. The van der Waals surface area contributed by atoms with Gasteiger partial charge in [0, 0.05) is 5.56 Å². The number of aromatic nitrogens is 4. The van der Waals surface area contributed by atoms with Gasteiger partial charge in [0.15, 0.2) is 11.2 Å². The fourth-order valence-electron chi connectivity index (χ4n) is 2.62. The summed E-state index contributed by atoms with van der Waals surface area (Å²) in [5.74, 6) is 0.722. The molecule has 134 valence electrons. The third-order valence-corrected chi connectivity index (χ3v) is 4.72. The number of fused-ring (bicyclic) bond motifs is 1. The van der Waals surface area contributed by atoms with Gasteiger partial charge in [0.05, 0.1) is 18.6 Å². The van der Waals surface area contributed by atoms with Crippen molar-refractivity contribution >= 4 is 28.7 Å². The number of carbonyl (C=O) groups is 1. The van der Waals surface area contributed by atoms with Gasteiger partial charge in [0.25, 0.3) is 0 Å². The van der Waals surface area contributed by atoms with Crippen LogP contribution < -0.4 is 4.74 Å². The lowest BCUT2D eigenvalue weighted by Crippen LogP contribution is -2.13. The second kappa shape index (κ2) is 6.25. The number of nitrogens with one attached hydrogen (secondary N) is 1. The highest BCUT2D eigenvalue weighted by Crippen LogP contribution is 2.40. The average molecular weight is 373 g/mol. The smallest absolute Gasteiger partial charge is 0.309 e. The van der Waals surface area contributed by atoms with Crippen LogP contribution >= 0.6 is 11.6 Å². The van der Waals surface area contributed by atoms with Crippen molar-refractivity contribution < 1.29 is 14.3 Å². The molecule has 0 atom stereocenters. The SMILES string of the molecule is COC(=O)Cc1ccc(-c2nc3c(OC4(C)CC4)ncnc3[nH]2)c(Cl)c1. The summed E-state index contributed by atoms with van der Waals surface area (Å²) in [7, 11) is 1.36. The molecule has 1 saturated carbocycles. The number of rotatable bonds is 5. The number of methoxy groups -OCH3 is 1. The number of hydrogen-bond acceptors (Lipinski definition) is 6. The van der Waals surface area contributed by atoms with Crippen LogP contribution in [0.5, 0.6) is 5.88 Å². The minimum Gasteiger partial charge on any atom is -0.470 e. The van der Waals surface area contributed by atoms with E-state index in [2.05, 4.69) is 24.7 Å². The lowest BCUT2D eigenvalue weighted by molar-refractivity contribution is -0.139. The predicted octanol–water partition coefficient (Wildman–Crippen LogP) is 3.32. The molecule has 1 aliphatic carbocycles. The lowest BCUT2D eigenvalue weighted by Gasteiger charge is -2.10. The normalized spacial score (nSPS) is 15.0. The maximum Gasteiger partial charge on any atom is 0.309 e. The fourth-order valence-corrected chi connectivity index (χ4v) is 2.91. The molecule has 1 aromatic carbocycles. The second-order valence-electron chi connectivity index (χ2n) is 6.58. The van der Waals surface area contributed by atoms with Crippen LogP contribution in [0.3, 0.4) is 0 Å². The van der Waals surface area contributed by atoms with E-state index in [0.717, 1.165) is 18.4 Å². The number of imidazole rings is 1. The first-order valence-corrected chi connectivity index (χ1v) is 8.60. The largest absolute Gasteiger partial charge is 0.470 e. The second-order valence-corrected chi connectivity index (χ2v) is 6.99. The summed E-state index contributed by atoms with van der Waals surface area (Å²) in [6.45, 7) is 2.05. The summed E-state index contributed by atoms with van der Waals surface area (Å²) in [6.07, 6.45) is 3.62. The molecule has 1 fully saturated rings. The van der Waals surface area contributed by atoms with Crippen LogP contribution in [0.2, 0.25) is 5.02 Å². The fraction of sp³-hybridized carbons (Fsp3) is 0.333. The van der Waals surface area contributed by atoms with E-state index in [-0.39, 0.29) is 18.0 Å². The van der Waals surface area contributed by atoms with Gasteiger partial charge in [-0.2, -0.15) is 4.98 Å². The number of esters is 1. The van der Waals surface area contributed by atoms with Crippen LogP contribution in [0.15, 0.2) is 24.5 Å². The third-order valence-electron chi connectivity index (χ3n) is 4.41. The number of hydrogen-bond donors (Lipinski definition) is 1. The molecule has 0 aliphatic heterocycles. The Kier molecular flexibility index (Phi) is 4.03. The van der Waals surface area contributed by atoms with Gasteiger partial charge in [0.2, 0.25) is 5.88 Å². The molecule has 0 spiro atoms. The predicted molar refractivity (Wildman–Crippen MR) is 96.1 cm³/mol. The summed E-state index contributed by atoms with van der Waals surface area (Å²) in [5.41, 5.74) is 2.48. The zero-order valence-corrected chi connectivity index (χ0v) is 15.1. The molecule has 8 heteroatoms. The maximum atomic E-state index is 11.4. The molecule has 1 N–H and O–H groups in total. The minimum absolute atomic E-state index is 0.159. The summed E-state index contributed by atoms with van der Waals surface area (Å²) >= 11 is 6.39. The zero-order chi connectivity index (χ0) is 18.3. The van der Waals surface area contributed by atoms with Gasteiger partial charge in [0.1, 0.15) is 17.8 Å². The number of nitrogens with zero attached hydrogens (tertiary/aromatic N) is 3. The standard InChI is InChI=1S/C18H17ClN4O3/c1-18(5-6-18)26-17-14-16(20-9-21-17)23-15(22-14)11-4-3-10(7-12(11)19)8-13(24)25-2/h3-4,7,9H,5-6,8H2,1-2H3,(H,20,21,22,23). The van der Waals surface area contributed by atoms with E-state index in [9.17, 15) is 4.79 Å². The number of aromatic amines is 1. The Morgan fingerprint density at radius 1 is 1.35 bits per heavy atom. The molecule has 1 aliphatic rings. The van der Waals surface area contributed by atoms with Crippen molar-refractivity contribution in [3.63, 3.8) is 0 Å². The number of halogens is 1. The summed E-state index contributed by atoms with van der Waals surface area (Å²) < 4.78 is 10.6. The van der Waals surface area contributed by atoms with E-state index in [1.165, 1.54) is 13.4 Å². The molecule has 7 nitrogen and oxygen atoms in total. The van der Waals surface area contributed by atoms with Crippen molar-refractivity contribution in [2.45, 2.75) is 31.8 Å². The topological polar surface area (TPSA) is 90.0 Å².